The molecule has 0 atom stereocenters. The minimum absolute atomic E-state index is 0.504. The fourth-order valence-electron chi connectivity index (χ4n) is 1.87. The van der Waals surface area contributed by atoms with E-state index in [0.29, 0.717) is 6.54 Å². The Morgan fingerprint density at radius 1 is 1.28 bits per heavy atom. The number of rotatable bonds is 6. The second kappa shape index (κ2) is 6.20. The van der Waals surface area contributed by atoms with Crippen molar-refractivity contribution in [3.8, 4) is 0 Å². The molecule has 5 heteroatoms. The van der Waals surface area contributed by atoms with Gasteiger partial charge in [-0.2, -0.15) is 0 Å². The van der Waals surface area contributed by atoms with Gasteiger partial charge in [-0.1, -0.05) is 12.1 Å². The van der Waals surface area contributed by atoms with Crippen molar-refractivity contribution in [1.82, 2.24) is 5.32 Å². The van der Waals surface area contributed by atoms with Gasteiger partial charge in [0.05, 0.1) is 11.9 Å². The average Bonchev–Trinajstić information content (AvgIpc) is 2.28. The zero-order valence-electron chi connectivity index (χ0n) is 11.5. The first kappa shape index (κ1) is 15.0. The molecule has 0 heterocycles. The molecule has 102 valence electrons. The number of anilines is 1. The average molecular weight is 270 g/mol. The number of hydrogen-bond acceptors (Lipinski definition) is 3. The molecular weight excluding hydrogens is 248 g/mol. The summed E-state index contributed by atoms with van der Waals surface area (Å²) in [6, 6.07) is 5.75. The van der Waals surface area contributed by atoms with Crippen LogP contribution in [-0.4, -0.2) is 34.8 Å². The molecule has 0 bridgehead atoms. The van der Waals surface area contributed by atoms with Gasteiger partial charge in [-0.05, 0) is 51.1 Å². The highest BCUT2D eigenvalue weighted by Gasteiger charge is 2.18. The summed E-state index contributed by atoms with van der Waals surface area (Å²) >= 11 is 0. The highest BCUT2D eigenvalue weighted by atomic mass is 32.2. The minimum atomic E-state index is -3.23. The summed E-state index contributed by atoms with van der Waals surface area (Å²) in [5.41, 5.74) is 2.91. The Balaban J connectivity index is 3.07. The van der Waals surface area contributed by atoms with Gasteiger partial charge in [0, 0.05) is 6.54 Å². The summed E-state index contributed by atoms with van der Waals surface area (Å²) in [7, 11) is -1.37. The summed E-state index contributed by atoms with van der Waals surface area (Å²) < 4.78 is 25.3. The van der Waals surface area contributed by atoms with E-state index < -0.39 is 10.0 Å². The normalized spacial score (nSPS) is 11.6. The van der Waals surface area contributed by atoms with E-state index in [4.69, 9.17) is 0 Å². The molecular formula is C13H22N2O2S. The molecule has 4 nitrogen and oxygen atoms in total. The van der Waals surface area contributed by atoms with Gasteiger partial charge in [0.25, 0.3) is 0 Å². The molecule has 0 spiro atoms. The van der Waals surface area contributed by atoms with Crippen LogP contribution in [0, 0.1) is 13.8 Å². The second-order valence-electron chi connectivity index (χ2n) is 4.51. The molecule has 0 saturated carbocycles. The number of sulfonamides is 1. The van der Waals surface area contributed by atoms with E-state index in [9.17, 15) is 8.42 Å². The Bertz CT molecular complexity index is 498. The third-order valence-corrected chi connectivity index (χ3v) is 4.21. The molecule has 1 rings (SSSR count). The van der Waals surface area contributed by atoms with Crippen LogP contribution >= 0.6 is 0 Å². The Kier molecular flexibility index (Phi) is 5.16. The van der Waals surface area contributed by atoms with E-state index in [-0.39, 0.29) is 0 Å². The van der Waals surface area contributed by atoms with Gasteiger partial charge in [-0.3, -0.25) is 4.31 Å². The van der Waals surface area contributed by atoms with Crippen LogP contribution in [0.25, 0.3) is 0 Å². The first-order valence-electron chi connectivity index (χ1n) is 6.06. The van der Waals surface area contributed by atoms with Gasteiger partial charge >= 0.3 is 0 Å². The second-order valence-corrected chi connectivity index (χ2v) is 6.42. The summed E-state index contributed by atoms with van der Waals surface area (Å²) in [5, 5.41) is 3.03. The zero-order valence-corrected chi connectivity index (χ0v) is 12.3. The number of benzene rings is 1. The molecule has 0 amide bonds. The fourth-order valence-corrected chi connectivity index (χ4v) is 2.89. The fraction of sp³-hybridized carbons (Fsp3) is 0.538. The topological polar surface area (TPSA) is 49.4 Å². The van der Waals surface area contributed by atoms with Crippen LogP contribution in [0.3, 0.4) is 0 Å². The van der Waals surface area contributed by atoms with E-state index in [2.05, 4.69) is 5.32 Å². The van der Waals surface area contributed by atoms with Crippen molar-refractivity contribution in [3.63, 3.8) is 0 Å². The van der Waals surface area contributed by atoms with Crippen LogP contribution in [0.15, 0.2) is 18.2 Å². The highest BCUT2D eigenvalue weighted by molar-refractivity contribution is 7.92. The maximum absolute atomic E-state index is 11.9. The van der Waals surface area contributed by atoms with Gasteiger partial charge in [0.2, 0.25) is 10.0 Å². The molecule has 0 aliphatic rings. The number of nitrogens with zero attached hydrogens (tertiary/aromatic N) is 1. The number of aryl methyl sites for hydroxylation is 1. The van der Waals surface area contributed by atoms with Crippen LogP contribution in [-0.2, 0) is 10.0 Å². The summed E-state index contributed by atoms with van der Waals surface area (Å²) in [5.74, 6) is 0. The van der Waals surface area contributed by atoms with Crippen molar-refractivity contribution in [3.05, 3.63) is 29.3 Å². The van der Waals surface area contributed by atoms with Gasteiger partial charge in [-0.25, -0.2) is 8.42 Å². The molecule has 0 radical (unpaired) electrons. The third kappa shape index (κ3) is 3.71. The zero-order chi connectivity index (χ0) is 13.8. The lowest BCUT2D eigenvalue weighted by molar-refractivity contribution is 0.593. The Morgan fingerprint density at radius 3 is 2.50 bits per heavy atom. The largest absolute Gasteiger partial charge is 0.320 e. The van der Waals surface area contributed by atoms with E-state index in [1.807, 2.05) is 39.1 Å². The van der Waals surface area contributed by atoms with Gasteiger partial charge in [0.15, 0.2) is 0 Å². The van der Waals surface area contributed by atoms with Gasteiger partial charge in [0.1, 0.15) is 0 Å². The van der Waals surface area contributed by atoms with Crippen molar-refractivity contribution in [2.75, 3.05) is 30.7 Å². The van der Waals surface area contributed by atoms with Crippen molar-refractivity contribution in [2.24, 2.45) is 0 Å². The van der Waals surface area contributed by atoms with E-state index in [0.717, 1.165) is 29.8 Å². The SMILES string of the molecule is CNCCCN(c1cccc(C)c1C)S(C)(=O)=O. The van der Waals surface area contributed by atoms with Crippen molar-refractivity contribution in [2.45, 2.75) is 20.3 Å². The van der Waals surface area contributed by atoms with E-state index in [1.54, 1.807) is 0 Å². The summed E-state index contributed by atoms with van der Waals surface area (Å²) in [6.07, 6.45) is 2.05. The van der Waals surface area contributed by atoms with Gasteiger partial charge in [-0.15, -0.1) is 0 Å². The van der Waals surface area contributed by atoms with Crippen LogP contribution < -0.4 is 9.62 Å². The van der Waals surface area contributed by atoms with E-state index in [1.165, 1.54) is 10.6 Å². The molecule has 0 saturated heterocycles. The molecule has 0 aliphatic heterocycles. The van der Waals surface area contributed by atoms with Gasteiger partial charge < -0.3 is 5.32 Å². The maximum atomic E-state index is 11.9. The Morgan fingerprint density at radius 2 is 1.94 bits per heavy atom. The molecule has 18 heavy (non-hydrogen) atoms. The quantitative estimate of drug-likeness (QED) is 0.800. The molecule has 0 fully saturated rings. The molecule has 1 aromatic rings. The summed E-state index contributed by atoms with van der Waals surface area (Å²) in [6.45, 7) is 5.26. The maximum Gasteiger partial charge on any atom is 0.232 e. The standard InChI is InChI=1S/C13H22N2O2S/c1-11-7-5-8-13(12(11)2)15(18(4,16)17)10-6-9-14-3/h5,7-8,14H,6,9-10H2,1-4H3. The van der Waals surface area contributed by atoms with Crippen LogP contribution in [0.4, 0.5) is 5.69 Å². The third-order valence-electron chi connectivity index (χ3n) is 3.03. The molecule has 0 aliphatic carbocycles. The van der Waals surface area contributed by atoms with E-state index >= 15 is 0 Å². The lowest BCUT2D eigenvalue weighted by atomic mass is 10.1. The number of nitrogens with one attached hydrogen (secondary N) is 1. The number of hydrogen-bond donors (Lipinski definition) is 1. The first-order valence-corrected chi connectivity index (χ1v) is 7.91. The van der Waals surface area contributed by atoms with Crippen LogP contribution in [0.1, 0.15) is 17.5 Å². The molecule has 1 aromatic carbocycles. The van der Waals surface area contributed by atoms with Crippen molar-refractivity contribution >= 4 is 15.7 Å². The molecule has 1 N–H and O–H groups in total. The lowest BCUT2D eigenvalue weighted by Gasteiger charge is -2.24. The molecule has 0 unspecified atom stereocenters. The lowest BCUT2D eigenvalue weighted by Crippen LogP contribution is -2.33. The Hall–Kier alpha value is -1.07. The minimum Gasteiger partial charge on any atom is -0.320 e. The Labute approximate surface area is 110 Å². The monoisotopic (exact) mass is 270 g/mol. The smallest absolute Gasteiger partial charge is 0.232 e. The highest BCUT2D eigenvalue weighted by Crippen LogP contribution is 2.24. The molecule has 0 aromatic heterocycles. The van der Waals surface area contributed by atoms with Crippen LogP contribution in [0.5, 0.6) is 0 Å². The predicted octanol–water partition coefficient (Wildman–Crippen LogP) is 1.68. The van der Waals surface area contributed by atoms with Crippen molar-refractivity contribution < 1.29 is 8.42 Å². The predicted molar refractivity (Wildman–Crippen MR) is 76.6 cm³/mol. The van der Waals surface area contributed by atoms with Crippen LogP contribution in [0.2, 0.25) is 0 Å². The van der Waals surface area contributed by atoms with Crippen molar-refractivity contribution in [1.29, 1.82) is 0 Å². The summed E-state index contributed by atoms with van der Waals surface area (Å²) in [4.78, 5) is 0. The first-order chi connectivity index (χ1) is 8.38.